The zero-order chi connectivity index (χ0) is 18.7. The van der Waals surface area contributed by atoms with Gasteiger partial charge < -0.3 is 10.1 Å². The van der Waals surface area contributed by atoms with Gasteiger partial charge in [0.2, 0.25) is 5.91 Å². The maximum absolute atomic E-state index is 12.6. The van der Waals surface area contributed by atoms with Crippen molar-refractivity contribution >= 4 is 55.8 Å². The Hall–Kier alpha value is -2.23. The Bertz CT molecular complexity index is 1070. The second-order valence-electron chi connectivity index (χ2n) is 5.35. The zero-order valence-electron chi connectivity index (χ0n) is 13.6. The van der Waals surface area contributed by atoms with Crippen LogP contribution in [0.5, 0.6) is 5.75 Å². The van der Waals surface area contributed by atoms with Crippen LogP contribution in [-0.4, -0.2) is 35.9 Å². The van der Waals surface area contributed by atoms with Crippen LogP contribution in [-0.2, 0) is 14.6 Å². The van der Waals surface area contributed by atoms with Crippen molar-refractivity contribution in [2.24, 2.45) is 0 Å². The molecule has 0 spiro atoms. The second kappa shape index (κ2) is 7.56. The molecule has 0 fully saturated rings. The average molecular weight is 412 g/mol. The van der Waals surface area contributed by atoms with E-state index < -0.39 is 15.7 Å². The molecule has 3 aromatic rings. The fourth-order valence-corrected chi connectivity index (χ4v) is 4.54. The largest absolute Gasteiger partial charge is 0.495 e. The predicted molar refractivity (Wildman–Crippen MR) is 101 cm³/mol. The van der Waals surface area contributed by atoms with E-state index >= 15 is 0 Å². The van der Waals surface area contributed by atoms with Gasteiger partial charge in [-0.1, -0.05) is 17.7 Å². The van der Waals surface area contributed by atoms with E-state index in [1.54, 1.807) is 24.3 Å². The molecule has 1 aromatic heterocycles. The van der Waals surface area contributed by atoms with Gasteiger partial charge in [-0.2, -0.15) is 8.75 Å². The second-order valence-corrected chi connectivity index (χ2v) is 8.39. The lowest BCUT2D eigenvalue weighted by Gasteiger charge is -2.11. The normalized spacial score (nSPS) is 11.5. The van der Waals surface area contributed by atoms with Crippen LogP contribution in [0.15, 0.2) is 41.3 Å². The van der Waals surface area contributed by atoms with Gasteiger partial charge in [-0.05, 0) is 30.3 Å². The van der Waals surface area contributed by atoms with Crippen molar-refractivity contribution in [2.45, 2.75) is 11.3 Å². The third kappa shape index (κ3) is 3.95. The molecule has 0 aliphatic rings. The standard InChI is InChI=1S/C16H14ClN3O4S2/c1-24-13-6-5-10(17)9-12(13)18-15(21)7-8-26(22,23)14-4-2-3-11-16(14)20-25-19-11/h2-6,9H,7-8H2,1H3,(H,18,21). The van der Waals surface area contributed by atoms with Gasteiger partial charge in [-0.25, -0.2) is 8.42 Å². The Morgan fingerprint density at radius 1 is 1.27 bits per heavy atom. The Balaban J connectivity index is 1.73. The summed E-state index contributed by atoms with van der Waals surface area (Å²) in [5.74, 6) is -0.375. The number of halogens is 1. The number of nitrogens with zero attached hydrogens (tertiary/aromatic N) is 2. The minimum atomic E-state index is -3.68. The number of nitrogens with one attached hydrogen (secondary N) is 1. The van der Waals surface area contributed by atoms with E-state index in [2.05, 4.69) is 14.1 Å². The van der Waals surface area contributed by atoms with Crippen LogP contribution in [0.1, 0.15) is 6.42 Å². The van der Waals surface area contributed by atoms with Crippen molar-refractivity contribution in [3.05, 3.63) is 41.4 Å². The molecular formula is C16H14ClN3O4S2. The lowest BCUT2D eigenvalue weighted by molar-refractivity contribution is -0.115. The van der Waals surface area contributed by atoms with E-state index in [1.165, 1.54) is 19.2 Å². The predicted octanol–water partition coefficient (Wildman–Crippen LogP) is 3.16. The van der Waals surface area contributed by atoms with E-state index in [1.807, 2.05) is 0 Å². The summed E-state index contributed by atoms with van der Waals surface area (Å²) < 4.78 is 38.4. The SMILES string of the molecule is COc1ccc(Cl)cc1NC(=O)CCS(=O)(=O)c1cccc2nsnc12. The van der Waals surface area contributed by atoms with Gasteiger partial charge in [0.05, 0.1) is 35.2 Å². The van der Waals surface area contributed by atoms with E-state index in [4.69, 9.17) is 16.3 Å². The topological polar surface area (TPSA) is 98.2 Å². The molecule has 3 rings (SSSR count). The summed E-state index contributed by atoms with van der Waals surface area (Å²) in [6.45, 7) is 0. The van der Waals surface area contributed by atoms with Crippen molar-refractivity contribution in [1.29, 1.82) is 0 Å². The molecule has 0 saturated carbocycles. The van der Waals surface area contributed by atoms with Crippen LogP contribution in [0.4, 0.5) is 5.69 Å². The highest BCUT2D eigenvalue weighted by Crippen LogP contribution is 2.28. The number of ether oxygens (including phenoxy) is 1. The maximum atomic E-state index is 12.6. The fraction of sp³-hybridized carbons (Fsp3) is 0.188. The minimum Gasteiger partial charge on any atom is -0.495 e. The number of carbonyl (C=O) groups is 1. The summed E-state index contributed by atoms with van der Waals surface area (Å²) in [4.78, 5) is 12.3. The number of benzene rings is 2. The number of anilines is 1. The molecule has 1 amide bonds. The first-order chi connectivity index (χ1) is 12.4. The number of hydrogen-bond donors (Lipinski definition) is 1. The number of aromatic nitrogens is 2. The quantitative estimate of drug-likeness (QED) is 0.669. The molecule has 0 unspecified atom stereocenters. The molecule has 0 aliphatic heterocycles. The fourth-order valence-electron chi connectivity index (χ4n) is 2.36. The smallest absolute Gasteiger partial charge is 0.225 e. The van der Waals surface area contributed by atoms with Crippen LogP contribution >= 0.6 is 23.3 Å². The monoisotopic (exact) mass is 411 g/mol. The van der Waals surface area contributed by atoms with E-state index in [0.29, 0.717) is 27.5 Å². The van der Waals surface area contributed by atoms with Crippen LogP contribution < -0.4 is 10.1 Å². The van der Waals surface area contributed by atoms with Crippen LogP contribution in [0, 0.1) is 0 Å². The minimum absolute atomic E-state index is 0.0805. The number of methoxy groups -OCH3 is 1. The van der Waals surface area contributed by atoms with E-state index in [9.17, 15) is 13.2 Å². The number of fused-ring (bicyclic) bond motifs is 1. The summed E-state index contributed by atoms with van der Waals surface area (Å²) in [5, 5.41) is 3.05. The number of carbonyl (C=O) groups excluding carboxylic acids is 1. The molecule has 136 valence electrons. The molecule has 0 aliphatic carbocycles. The first kappa shape index (κ1) is 18.6. The summed E-state index contributed by atoms with van der Waals surface area (Å²) in [6.07, 6.45) is -0.216. The molecule has 10 heteroatoms. The van der Waals surface area contributed by atoms with Gasteiger partial charge in [-0.15, -0.1) is 0 Å². The van der Waals surface area contributed by atoms with Crippen molar-refractivity contribution in [3.8, 4) is 5.75 Å². The van der Waals surface area contributed by atoms with Gasteiger partial charge in [-0.3, -0.25) is 4.79 Å². The van der Waals surface area contributed by atoms with Gasteiger partial charge >= 0.3 is 0 Å². The third-order valence-electron chi connectivity index (χ3n) is 3.62. The molecule has 0 radical (unpaired) electrons. The van der Waals surface area contributed by atoms with Gasteiger partial charge in [0, 0.05) is 11.4 Å². The van der Waals surface area contributed by atoms with Gasteiger partial charge in [0.1, 0.15) is 16.8 Å². The number of amides is 1. The molecule has 2 aromatic carbocycles. The summed E-state index contributed by atoms with van der Waals surface area (Å²) in [6, 6.07) is 9.54. The summed E-state index contributed by atoms with van der Waals surface area (Å²) in [7, 11) is -2.22. The lowest BCUT2D eigenvalue weighted by Crippen LogP contribution is -2.18. The first-order valence-corrected chi connectivity index (χ1v) is 10.2. The summed E-state index contributed by atoms with van der Waals surface area (Å²) >= 11 is 6.86. The molecular weight excluding hydrogens is 398 g/mol. The highest BCUT2D eigenvalue weighted by molar-refractivity contribution is 7.91. The molecule has 0 saturated heterocycles. The van der Waals surface area contributed by atoms with Crippen molar-refractivity contribution in [3.63, 3.8) is 0 Å². The molecule has 0 atom stereocenters. The van der Waals surface area contributed by atoms with E-state index in [-0.39, 0.29) is 17.1 Å². The highest BCUT2D eigenvalue weighted by atomic mass is 35.5. The summed E-state index contributed by atoms with van der Waals surface area (Å²) in [5.41, 5.74) is 1.23. The van der Waals surface area contributed by atoms with Crippen LogP contribution in [0.25, 0.3) is 11.0 Å². The number of rotatable bonds is 6. The van der Waals surface area contributed by atoms with Gasteiger partial charge in [0.25, 0.3) is 0 Å². The Labute approximate surface area is 159 Å². The van der Waals surface area contributed by atoms with Crippen molar-refractivity contribution in [2.75, 3.05) is 18.2 Å². The number of sulfone groups is 1. The Morgan fingerprint density at radius 2 is 2.08 bits per heavy atom. The Kier molecular flexibility index (Phi) is 5.40. The first-order valence-electron chi connectivity index (χ1n) is 7.48. The third-order valence-corrected chi connectivity index (χ3v) is 6.14. The van der Waals surface area contributed by atoms with Crippen molar-refractivity contribution < 1.29 is 17.9 Å². The molecule has 7 nitrogen and oxygen atoms in total. The number of hydrogen-bond acceptors (Lipinski definition) is 7. The van der Waals surface area contributed by atoms with Gasteiger partial charge in [0.15, 0.2) is 9.84 Å². The zero-order valence-corrected chi connectivity index (χ0v) is 16.0. The molecule has 1 N–H and O–H groups in total. The lowest BCUT2D eigenvalue weighted by atomic mass is 10.3. The van der Waals surface area contributed by atoms with Crippen LogP contribution in [0.2, 0.25) is 5.02 Å². The highest BCUT2D eigenvalue weighted by Gasteiger charge is 2.21. The van der Waals surface area contributed by atoms with Crippen molar-refractivity contribution in [1.82, 2.24) is 8.75 Å². The molecule has 0 bridgehead atoms. The van der Waals surface area contributed by atoms with E-state index in [0.717, 1.165) is 11.7 Å². The molecule has 1 heterocycles. The average Bonchev–Trinajstić information content (AvgIpc) is 3.09. The van der Waals surface area contributed by atoms with Crippen LogP contribution in [0.3, 0.4) is 0 Å². The molecule has 26 heavy (non-hydrogen) atoms. The maximum Gasteiger partial charge on any atom is 0.225 e. The Morgan fingerprint density at radius 3 is 2.85 bits per heavy atom.